The molecule has 1 aliphatic rings. The molecule has 2 aromatic carbocycles. The summed E-state index contributed by atoms with van der Waals surface area (Å²) in [5, 5.41) is 27.2. The van der Waals surface area contributed by atoms with Gasteiger partial charge in [-0.15, -0.1) is 0 Å². The van der Waals surface area contributed by atoms with Crippen molar-refractivity contribution in [1.82, 2.24) is 15.2 Å². The highest BCUT2D eigenvalue weighted by atomic mass is 16.6. The largest absolute Gasteiger partial charge is 0.399 e. The molecule has 186 valence electrons. The van der Waals surface area contributed by atoms with Gasteiger partial charge in [0, 0.05) is 24.4 Å². The molecule has 0 radical (unpaired) electrons. The molecule has 36 heavy (non-hydrogen) atoms. The summed E-state index contributed by atoms with van der Waals surface area (Å²) in [5.74, 6) is -0.830. The third-order valence-corrected chi connectivity index (χ3v) is 6.12. The lowest BCUT2D eigenvalue weighted by molar-refractivity contribution is -0.126. The van der Waals surface area contributed by atoms with Gasteiger partial charge in [-0.2, -0.15) is 0 Å². The number of carbonyl (C=O) groups is 2. The lowest BCUT2D eigenvalue weighted by Gasteiger charge is -2.27. The fourth-order valence-electron chi connectivity index (χ4n) is 4.24. The first-order valence-corrected chi connectivity index (χ1v) is 11.6. The quantitative estimate of drug-likeness (QED) is 0.418. The van der Waals surface area contributed by atoms with Crippen LogP contribution in [-0.2, 0) is 9.63 Å². The molecule has 1 aliphatic heterocycles. The molecule has 1 saturated heterocycles. The highest BCUT2D eigenvalue weighted by Gasteiger charge is 2.39. The summed E-state index contributed by atoms with van der Waals surface area (Å²) in [4.78, 5) is 37.1. The van der Waals surface area contributed by atoms with E-state index < -0.39 is 30.7 Å². The molecule has 0 unspecified atom stereocenters. The van der Waals surface area contributed by atoms with E-state index in [2.05, 4.69) is 15.5 Å². The minimum Gasteiger partial charge on any atom is -0.399 e. The van der Waals surface area contributed by atoms with Crippen LogP contribution in [0.15, 0.2) is 84.3 Å². The third kappa shape index (κ3) is 5.59. The second-order valence-electron chi connectivity index (χ2n) is 8.47. The number of hydrogen-bond donors (Lipinski definition) is 3. The molecule has 1 aromatic heterocycles. The topological polar surface area (TPSA) is 124 Å². The van der Waals surface area contributed by atoms with Crippen molar-refractivity contribution in [1.29, 1.82) is 0 Å². The van der Waals surface area contributed by atoms with Crippen LogP contribution in [0.2, 0.25) is 0 Å². The monoisotopic (exact) mass is 488 g/mol. The number of aliphatic hydroxyl groups excluding tert-OH is 2. The van der Waals surface area contributed by atoms with Crippen molar-refractivity contribution < 1.29 is 24.6 Å². The zero-order valence-electron chi connectivity index (χ0n) is 19.8. The molecular formula is C27H28N4O5. The number of likely N-dealkylation sites (tertiary alicyclic amines) is 1. The Labute approximate surface area is 209 Å². The Balaban J connectivity index is 1.52. The SMILES string of the molecule is CO/N=C1/C[C@@H](C(=O)N[C@@H](CO)[C@@H](O)c2ccccc2)N(C(=O)c2ccc(-c3cccnc3)cc2)C1. The molecule has 3 aromatic rings. The van der Waals surface area contributed by atoms with Gasteiger partial charge >= 0.3 is 0 Å². The first-order valence-electron chi connectivity index (χ1n) is 11.6. The Morgan fingerprint density at radius 2 is 1.86 bits per heavy atom. The summed E-state index contributed by atoms with van der Waals surface area (Å²) >= 11 is 0. The van der Waals surface area contributed by atoms with Crippen molar-refractivity contribution in [2.75, 3.05) is 20.3 Å². The van der Waals surface area contributed by atoms with E-state index in [-0.39, 0.29) is 18.9 Å². The molecular weight excluding hydrogens is 460 g/mol. The van der Waals surface area contributed by atoms with Crippen molar-refractivity contribution in [2.45, 2.75) is 24.6 Å². The Hall–Kier alpha value is -4.08. The number of oxime groups is 1. The van der Waals surface area contributed by atoms with Crippen molar-refractivity contribution >= 4 is 17.5 Å². The molecule has 2 heterocycles. The van der Waals surface area contributed by atoms with E-state index in [4.69, 9.17) is 4.84 Å². The lowest BCUT2D eigenvalue weighted by Crippen LogP contribution is -2.51. The van der Waals surface area contributed by atoms with Gasteiger partial charge in [0.05, 0.1) is 24.9 Å². The van der Waals surface area contributed by atoms with Crippen LogP contribution < -0.4 is 5.32 Å². The van der Waals surface area contributed by atoms with Crippen LogP contribution in [0.1, 0.15) is 28.4 Å². The smallest absolute Gasteiger partial charge is 0.254 e. The summed E-state index contributed by atoms with van der Waals surface area (Å²) in [7, 11) is 1.40. The van der Waals surface area contributed by atoms with Crippen LogP contribution in [0.3, 0.4) is 0 Å². The second kappa shape index (κ2) is 11.6. The van der Waals surface area contributed by atoms with Gasteiger partial charge < -0.3 is 25.3 Å². The first-order chi connectivity index (χ1) is 17.5. The lowest BCUT2D eigenvalue weighted by atomic mass is 10.0. The average Bonchev–Trinajstić information content (AvgIpc) is 3.36. The van der Waals surface area contributed by atoms with E-state index in [1.165, 1.54) is 12.0 Å². The average molecular weight is 489 g/mol. The van der Waals surface area contributed by atoms with Gasteiger partial charge in [0.2, 0.25) is 5.91 Å². The number of pyridine rings is 1. The van der Waals surface area contributed by atoms with Crippen molar-refractivity contribution in [3.05, 3.63) is 90.3 Å². The van der Waals surface area contributed by atoms with E-state index in [1.54, 1.807) is 48.8 Å². The summed E-state index contributed by atoms with van der Waals surface area (Å²) in [6, 6.07) is 17.8. The number of nitrogens with one attached hydrogen (secondary N) is 1. The minimum absolute atomic E-state index is 0.125. The normalized spacial score (nSPS) is 18.0. The van der Waals surface area contributed by atoms with Crippen LogP contribution >= 0.6 is 0 Å². The number of aromatic nitrogens is 1. The Bertz CT molecular complexity index is 1200. The summed E-state index contributed by atoms with van der Waals surface area (Å²) in [5.41, 5.74) is 3.37. The highest BCUT2D eigenvalue weighted by molar-refractivity contribution is 6.05. The highest BCUT2D eigenvalue weighted by Crippen LogP contribution is 2.24. The van der Waals surface area contributed by atoms with E-state index in [0.717, 1.165) is 11.1 Å². The van der Waals surface area contributed by atoms with Gasteiger partial charge in [0.15, 0.2) is 0 Å². The Morgan fingerprint density at radius 1 is 1.11 bits per heavy atom. The maximum absolute atomic E-state index is 13.4. The molecule has 0 saturated carbocycles. The van der Waals surface area contributed by atoms with Gasteiger partial charge in [-0.3, -0.25) is 14.6 Å². The zero-order chi connectivity index (χ0) is 25.5. The van der Waals surface area contributed by atoms with E-state index in [9.17, 15) is 19.8 Å². The van der Waals surface area contributed by atoms with Gasteiger partial charge in [-0.05, 0) is 34.9 Å². The molecule has 1 fully saturated rings. The number of carbonyl (C=O) groups excluding carboxylic acids is 2. The number of hydrogen-bond acceptors (Lipinski definition) is 7. The van der Waals surface area contributed by atoms with Crippen LogP contribution in [0.4, 0.5) is 0 Å². The molecule has 4 rings (SSSR count). The van der Waals surface area contributed by atoms with Crippen molar-refractivity contribution in [2.24, 2.45) is 5.16 Å². The van der Waals surface area contributed by atoms with Gasteiger partial charge in [-0.1, -0.05) is 53.7 Å². The molecule has 3 atom stereocenters. The maximum atomic E-state index is 13.4. The second-order valence-corrected chi connectivity index (χ2v) is 8.47. The molecule has 9 heteroatoms. The van der Waals surface area contributed by atoms with E-state index in [1.807, 2.05) is 30.3 Å². The summed E-state index contributed by atoms with van der Waals surface area (Å²) < 4.78 is 0. The summed E-state index contributed by atoms with van der Waals surface area (Å²) in [6.45, 7) is -0.350. The fraction of sp³-hybridized carbons (Fsp3) is 0.259. The van der Waals surface area contributed by atoms with Crippen molar-refractivity contribution in [3.63, 3.8) is 0 Å². The van der Waals surface area contributed by atoms with Crippen molar-refractivity contribution in [3.8, 4) is 11.1 Å². The van der Waals surface area contributed by atoms with Crippen LogP contribution in [-0.4, -0.2) is 70.0 Å². The predicted octanol–water partition coefficient (Wildman–Crippen LogP) is 2.18. The molecule has 0 aliphatic carbocycles. The third-order valence-electron chi connectivity index (χ3n) is 6.12. The number of amides is 2. The number of rotatable bonds is 8. The standard InChI is InChI=1S/C27H28N4O5/c1-36-30-22-14-24(26(34)29-23(17-32)25(33)19-6-3-2-4-7-19)31(16-22)27(35)20-11-9-18(10-12-20)21-8-5-13-28-15-21/h2-13,15,23-25,32-33H,14,16-17H2,1H3,(H,29,34)/b30-22-/t23-,24-,25-/m0/s1. The van der Waals surface area contributed by atoms with E-state index >= 15 is 0 Å². The Morgan fingerprint density at radius 3 is 2.50 bits per heavy atom. The molecule has 9 nitrogen and oxygen atoms in total. The van der Waals surface area contributed by atoms with E-state index in [0.29, 0.717) is 16.8 Å². The number of nitrogens with zero attached hydrogens (tertiary/aromatic N) is 3. The Kier molecular flexibility index (Phi) is 8.04. The minimum atomic E-state index is -1.11. The molecule has 0 spiro atoms. The molecule has 0 bridgehead atoms. The number of aliphatic hydroxyl groups is 2. The first kappa shape index (κ1) is 25.0. The fourth-order valence-corrected chi connectivity index (χ4v) is 4.24. The molecule has 3 N–H and O–H groups in total. The van der Waals surface area contributed by atoms with Gasteiger partial charge in [-0.25, -0.2) is 0 Å². The van der Waals surface area contributed by atoms with Crippen LogP contribution in [0.25, 0.3) is 11.1 Å². The molecule has 2 amide bonds. The predicted molar refractivity (Wildman–Crippen MR) is 134 cm³/mol. The maximum Gasteiger partial charge on any atom is 0.254 e. The van der Waals surface area contributed by atoms with Gasteiger partial charge in [0.25, 0.3) is 5.91 Å². The van der Waals surface area contributed by atoms with Crippen LogP contribution in [0.5, 0.6) is 0 Å². The summed E-state index contributed by atoms with van der Waals surface area (Å²) in [6.07, 6.45) is 2.50. The zero-order valence-corrected chi connectivity index (χ0v) is 19.8. The van der Waals surface area contributed by atoms with Gasteiger partial charge in [0.1, 0.15) is 19.3 Å². The van der Waals surface area contributed by atoms with Crippen LogP contribution in [0, 0.1) is 0 Å². The number of benzene rings is 2.